The second-order valence-electron chi connectivity index (χ2n) is 6.77. The highest BCUT2D eigenvalue weighted by atomic mass is 16.5. The Bertz CT molecular complexity index is 1250. The van der Waals surface area contributed by atoms with Gasteiger partial charge in [-0.2, -0.15) is 0 Å². The Hall–Kier alpha value is -3.34. The third kappa shape index (κ3) is 3.01. The molecule has 0 radical (unpaired) electrons. The molecule has 4 aromatic rings. The fourth-order valence-corrected chi connectivity index (χ4v) is 3.33. The Kier molecular flexibility index (Phi) is 4.07. The number of rotatable bonds is 3. The van der Waals surface area contributed by atoms with Gasteiger partial charge in [0, 0.05) is 41.2 Å². The SMILES string of the molecule is Cc1cc2oc(=O)cc(COC(=O)c3cn(C)c4ccccc34)c2cc1C. The lowest BCUT2D eigenvalue weighted by Gasteiger charge is -2.09. The maximum absolute atomic E-state index is 12.7. The van der Waals surface area contributed by atoms with Crippen LogP contribution in [0.25, 0.3) is 21.9 Å². The van der Waals surface area contributed by atoms with Gasteiger partial charge in [-0.3, -0.25) is 0 Å². The summed E-state index contributed by atoms with van der Waals surface area (Å²) in [5.41, 5.74) is 4.27. The number of hydrogen-bond donors (Lipinski definition) is 0. The van der Waals surface area contributed by atoms with Crippen LogP contribution in [-0.4, -0.2) is 10.5 Å². The quantitative estimate of drug-likeness (QED) is 0.404. The summed E-state index contributed by atoms with van der Waals surface area (Å²) in [6, 6.07) is 12.8. The molecule has 0 aliphatic heterocycles. The fraction of sp³-hybridized carbons (Fsp3) is 0.182. The summed E-state index contributed by atoms with van der Waals surface area (Å²) in [5.74, 6) is -0.419. The van der Waals surface area contributed by atoms with Gasteiger partial charge in [-0.25, -0.2) is 9.59 Å². The molecular weight excluding hydrogens is 342 g/mol. The molecule has 27 heavy (non-hydrogen) atoms. The minimum atomic E-state index is -0.457. The second kappa shape index (κ2) is 6.43. The third-order valence-corrected chi connectivity index (χ3v) is 4.92. The van der Waals surface area contributed by atoms with Gasteiger partial charge in [-0.05, 0) is 43.2 Å². The number of para-hydroxylation sites is 1. The van der Waals surface area contributed by atoms with Gasteiger partial charge in [0.15, 0.2) is 0 Å². The first-order valence-corrected chi connectivity index (χ1v) is 8.69. The molecule has 0 amide bonds. The summed E-state index contributed by atoms with van der Waals surface area (Å²) < 4.78 is 12.7. The Morgan fingerprint density at radius 3 is 2.63 bits per heavy atom. The number of esters is 1. The van der Waals surface area contributed by atoms with E-state index in [1.54, 1.807) is 6.20 Å². The van der Waals surface area contributed by atoms with Crippen molar-refractivity contribution >= 4 is 27.8 Å². The van der Waals surface area contributed by atoms with E-state index >= 15 is 0 Å². The van der Waals surface area contributed by atoms with Gasteiger partial charge in [0.2, 0.25) is 0 Å². The molecule has 136 valence electrons. The van der Waals surface area contributed by atoms with E-state index in [1.165, 1.54) is 6.07 Å². The summed E-state index contributed by atoms with van der Waals surface area (Å²) in [7, 11) is 1.89. The van der Waals surface area contributed by atoms with Crippen molar-refractivity contribution < 1.29 is 13.9 Å². The van der Waals surface area contributed by atoms with E-state index in [9.17, 15) is 9.59 Å². The molecule has 0 aliphatic rings. The number of carbonyl (C=O) groups excluding carboxylic acids is 1. The Morgan fingerprint density at radius 1 is 1.07 bits per heavy atom. The summed E-state index contributed by atoms with van der Waals surface area (Å²) in [4.78, 5) is 24.5. The van der Waals surface area contributed by atoms with E-state index in [2.05, 4.69) is 0 Å². The van der Waals surface area contributed by atoms with E-state index in [0.29, 0.717) is 16.7 Å². The first-order valence-electron chi connectivity index (χ1n) is 8.69. The summed E-state index contributed by atoms with van der Waals surface area (Å²) >= 11 is 0. The van der Waals surface area contributed by atoms with Crippen LogP contribution in [0.4, 0.5) is 0 Å². The number of aromatic nitrogens is 1. The summed E-state index contributed by atoms with van der Waals surface area (Å²) in [5, 5.41) is 1.62. The van der Waals surface area contributed by atoms with Crippen LogP contribution in [0.3, 0.4) is 0 Å². The van der Waals surface area contributed by atoms with E-state index < -0.39 is 11.6 Å². The van der Waals surface area contributed by atoms with Crippen molar-refractivity contribution in [3.8, 4) is 0 Å². The number of nitrogens with zero attached hydrogens (tertiary/aromatic N) is 1. The molecule has 0 N–H and O–H groups in total. The Labute approximate surface area is 155 Å². The number of fused-ring (bicyclic) bond motifs is 2. The predicted octanol–water partition coefficient (Wildman–Crippen LogP) is 4.26. The largest absolute Gasteiger partial charge is 0.457 e. The summed E-state index contributed by atoms with van der Waals surface area (Å²) in [6.07, 6.45) is 1.76. The van der Waals surface area contributed by atoms with Crippen molar-refractivity contribution in [2.24, 2.45) is 7.05 Å². The van der Waals surface area contributed by atoms with Crippen LogP contribution in [0.2, 0.25) is 0 Å². The van der Waals surface area contributed by atoms with Crippen LogP contribution in [-0.2, 0) is 18.4 Å². The second-order valence-corrected chi connectivity index (χ2v) is 6.77. The zero-order chi connectivity index (χ0) is 19.1. The zero-order valence-electron chi connectivity index (χ0n) is 15.4. The molecule has 0 bridgehead atoms. The third-order valence-electron chi connectivity index (χ3n) is 4.92. The lowest BCUT2D eigenvalue weighted by atomic mass is 10.0. The van der Waals surface area contributed by atoms with Crippen LogP contribution in [0.15, 0.2) is 57.9 Å². The van der Waals surface area contributed by atoms with Crippen LogP contribution < -0.4 is 5.63 Å². The van der Waals surface area contributed by atoms with Crippen molar-refractivity contribution in [2.75, 3.05) is 0 Å². The molecule has 2 aromatic carbocycles. The number of carbonyl (C=O) groups is 1. The molecule has 5 heteroatoms. The molecule has 2 heterocycles. The minimum Gasteiger partial charge on any atom is -0.457 e. The van der Waals surface area contributed by atoms with Gasteiger partial charge < -0.3 is 13.7 Å². The monoisotopic (exact) mass is 361 g/mol. The maximum Gasteiger partial charge on any atom is 0.340 e. The molecule has 0 atom stereocenters. The predicted molar refractivity (Wildman–Crippen MR) is 104 cm³/mol. The van der Waals surface area contributed by atoms with Crippen LogP contribution in [0, 0.1) is 13.8 Å². The molecule has 2 aromatic heterocycles. The van der Waals surface area contributed by atoms with E-state index in [-0.39, 0.29) is 6.61 Å². The highest BCUT2D eigenvalue weighted by Crippen LogP contribution is 2.24. The topological polar surface area (TPSA) is 61.4 Å². The number of benzene rings is 2. The molecule has 5 nitrogen and oxygen atoms in total. The average molecular weight is 361 g/mol. The Morgan fingerprint density at radius 2 is 1.81 bits per heavy atom. The van der Waals surface area contributed by atoms with Gasteiger partial charge in [-0.15, -0.1) is 0 Å². The highest BCUT2D eigenvalue weighted by Gasteiger charge is 2.16. The van der Waals surface area contributed by atoms with Crippen molar-refractivity contribution in [2.45, 2.75) is 20.5 Å². The first kappa shape index (κ1) is 17.1. The van der Waals surface area contributed by atoms with Crippen LogP contribution >= 0.6 is 0 Å². The van der Waals surface area contributed by atoms with E-state index in [4.69, 9.17) is 9.15 Å². The molecule has 0 saturated carbocycles. The molecule has 0 aliphatic carbocycles. The van der Waals surface area contributed by atoms with E-state index in [0.717, 1.165) is 27.4 Å². The molecule has 0 fully saturated rings. The van der Waals surface area contributed by atoms with Gasteiger partial charge in [-0.1, -0.05) is 18.2 Å². The lowest BCUT2D eigenvalue weighted by Crippen LogP contribution is -2.08. The standard InChI is InChI=1S/C22H19NO4/c1-13-8-17-15(10-21(24)27-20(17)9-14(13)2)12-26-22(25)18-11-23(3)19-7-5-4-6-16(18)19/h4-11H,12H2,1-3H3. The van der Waals surface area contributed by atoms with Crippen LogP contribution in [0.5, 0.6) is 0 Å². The van der Waals surface area contributed by atoms with Gasteiger partial charge in [0.05, 0.1) is 5.56 Å². The molecule has 4 rings (SSSR count). The highest BCUT2D eigenvalue weighted by molar-refractivity contribution is 6.04. The van der Waals surface area contributed by atoms with Gasteiger partial charge >= 0.3 is 11.6 Å². The Balaban J connectivity index is 1.68. The van der Waals surface area contributed by atoms with Crippen molar-refractivity contribution in [1.29, 1.82) is 0 Å². The van der Waals surface area contributed by atoms with Gasteiger partial charge in [0.1, 0.15) is 12.2 Å². The first-order chi connectivity index (χ1) is 12.9. The van der Waals surface area contributed by atoms with Crippen LogP contribution in [0.1, 0.15) is 27.0 Å². The molecule has 0 saturated heterocycles. The fourth-order valence-electron chi connectivity index (χ4n) is 3.33. The number of ether oxygens (including phenoxy) is 1. The smallest absolute Gasteiger partial charge is 0.340 e. The van der Waals surface area contributed by atoms with Crippen molar-refractivity contribution in [3.05, 3.63) is 81.3 Å². The molecular formula is C22H19NO4. The van der Waals surface area contributed by atoms with Gasteiger partial charge in [0.25, 0.3) is 0 Å². The van der Waals surface area contributed by atoms with E-state index in [1.807, 2.05) is 61.9 Å². The summed E-state index contributed by atoms with van der Waals surface area (Å²) in [6.45, 7) is 3.96. The molecule has 0 spiro atoms. The minimum absolute atomic E-state index is 0.00660. The average Bonchev–Trinajstić information content (AvgIpc) is 2.98. The maximum atomic E-state index is 12.7. The number of hydrogen-bond acceptors (Lipinski definition) is 4. The molecule has 0 unspecified atom stereocenters. The van der Waals surface area contributed by atoms with Crippen molar-refractivity contribution in [3.63, 3.8) is 0 Å². The number of aryl methyl sites for hydroxylation is 3. The lowest BCUT2D eigenvalue weighted by molar-refractivity contribution is 0.0476. The zero-order valence-corrected chi connectivity index (χ0v) is 15.4. The van der Waals surface area contributed by atoms with Crippen molar-refractivity contribution in [1.82, 2.24) is 4.57 Å². The normalized spacial score (nSPS) is 11.2.